The fourth-order valence-corrected chi connectivity index (χ4v) is 2.14. The van der Waals surface area contributed by atoms with Gasteiger partial charge in [-0.05, 0) is 32.9 Å². The van der Waals surface area contributed by atoms with Crippen LogP contribution in [0.25, 0.3) is 0 Å². The zero-order valence-electron chi connectivity index (χ0n) is 11.7. The number of para-hydroxylation sites is 2. The van der Waals surface area contributed by atoms with Crippen LogP contribution in [-0.2, 0) is 4.79 Å². The van der Waals surface area contributed by atoms with Gasteiger partial charge in [0.1, 0.15) is 0 Å². The molecule has 0 aromatic heterocycles. The predicted molar refractivity (Wildman–Crippen MR) is 82.3 cm³/mol. The monoisotopic (exact) mass is 283 g/mol. The van der Waals surface area contributed by atoms with E-state index in [-0.39, 0.29) is 23.9 Å². The normalized spacial score (nSPS) is 13.9. The maximum absolute atomic E-state index is 12.0. The van der Waals surface area contributed by atoms with Gasteiger partial charge in [0.2, 0.25) is 5.91 Å². The molecule has 0 saturated carbocycles. The van der Waals surface area contributed by atoms with Crippen LogP contribution in [0.2, 0.25) is 0 Å². The van der Waals surface area contributed by atoms with Gasteiger partial charge in [0.05, 0.1) is 17.9 Å². The lowest BCUT2D eigenvalue weighted by Gasteiger charge is -2.32. The molecule has 0 unspecified atom stereocenters. The van der Waals surface area contributed by atoms with Gasteiger partial charge in [-0.2, -0.15) is 0 Å². The van der Waals surface area contributed by atoms with Crippen molar-refractivity contribution in [3.05, 3.63) is 24.3 Å². The largest absolute Gasteiger partial charge is 0.382 e. The predicted octanol–water partition coefficient (Wildman–Crippen LogP) is 2.26. The molecule has 0 atom stereocenters. The lowest BCUT2D eigenvalue weighted by Crippen LogP contribution is -2.47. The summed E-state index contributed by atoms with van der Waals surface area (Å²) in [6.07, 6.45) is 0. The van der Waals surface area contributed by atoms with E-state index in [1.165, 1.54) is 0 Å². The van der Waals surface area contributed by atoms with Crippen LogP contribution in [0.5, 0.6) is 0 Å². The molecular weight excluding hydrogens is 262 g/mol. The molecule has 4 nitrogen and oxygen atoms in total. The van der Waals surface area contributed by atoms with Crippen molar-refractivity contribution in [1.29, 1.82) is 0 Å². The number of amides is 1. The highest BCUT2D eigenvalue weighted by molar-refractivity contribution is 5.85. The third-order valence-corrected chi connectivity index (χ3v) is 2.79. The second-order valence-electron chi connectivity index (χ2n) is 5.66. The number of fused-ring (bicyclic) bond motifs is 1. The summed E-state index contributed by atoms with van der Waals surface area (Å²) in [5, 5.41) is 6.34. The smallest absolute Gasteiger partial charge is 0.239 e. The number of nitrogens with one attached hydrogen (secondary N) is 2. The van der Waals surface area contributed by atoms with Crippen molar-refractivity contribution in [2.45, 2.75) is 26.3 Å². The molecule has 0 fully saturated rings. The maximum atomic E-state index is 12.0. The number of benzene rings is 1. The summed E-state index contributed by atoms with van der Waals surface area (Å²) in [4.78, 5) is 14.1. The summed E-state index contributed by atoms with van der Waals surface area (Å²) >= 11 is 0. The van der Waals surface area contributed by atoms with Crippen LogP contribution < -0.4 is 15.5 Å². The zero-order valence-corrected chi connectivity index (χ0v) is 12.5. The number of hydrogen-bond acceptors (Lipinski definition) is 3. The van der Waals surface area contributed by atoms with Crippen LogP contribution >= 0.6 is 12.4 Å². The van der Waals surface area contributed by atoms with E-state index in [1.54, 1.807) is 0 Å². The Balaban J connectivity index is 0.00000180. The Morgan fingerprint density at radius 2 is 2.05 bits per heavy atom. The number of rotatable bonds is 2. The Morgan fingerprint density at radius 3 is 2.74 bits per heavy atom. The van der Waals surface area contributed by atoms with Crippen LogP contribution in [0.15, 0.2) is 24.3 Å². The molecule has 106 valence electrons. The molecule has 1 amide bonds. The van der Waals surface area contributed by atoms with Gasteiger partial charge < -0.3 is 15.5 Å². The number of carbonyl (C=O) groups is 1. The van der Waals surface area contributed by atoms with Crippen LogP contribution in [0.1, 0.15) is 20.8 Å². The Labute approximate surface area is 121 Å². The van der Waals surface area contributed by atoms with E-state index in [0.717, 1.165) is 24.5 Å². The first-order valence-electron chi connectivity index (χ1n) is 6.34. The van der Waals surface area contributed by atoms with Gasteiger partial charge in [0.15, 0.2) is 0 Å². The van der Waals surface area contributed by atoms with Crippen LogP contribution in [-0.4, -0.2) is 31.1 Å². The van der Waals surface area contributed by atoms with Gasteiger partial charge in [-0.25, -0.2) is 0 Å². The van der Waals surface area contributed by atoms with Gasteiger partial charge in [-0.15, -0.1) is 12.4 Å². The van der Waals surface area contributed by atoms with Gasteiger partial charge in [-0.3, -0.25) is 4.79 Å². The summed E-state index contributed by atoms with van der Waals surface area (Å²) in [7, 11) is 0. The Hall–Kier alpha value is -1.42. The van der Waals surface area contributed by atoms with Crippen molar-refractivity contribution in [3.63, 3.8) is 0 Å². The molecule has 1 heterocycles. The van der Waals surface area contributed by atoms with Gasteiger partial charge >= 0.3 is 0 Å². The molecular formula is C14H22ClN3O. The molecule has 2 rings (SSSR count). The molecule has 1 aromatic rings. The molecule has 0 radical (unpaired) electrons. The van der Waals surface area contributed by atoms with E-state index in [2.05, 4.69) is 15.5 Å². The Morgan fingerprint density at radius 1 is 1.37 bits per heavy atom. The van der Waals surface area contributed by atoms with E-state index in [9.17, 15) is 4.79 Å². The molecule has 0 bridgehead atoms. The van der Waals surface area contributed by atoms with Crippen molar-refractivity contribution in [3.8, 4) is 0 Å². The number of halogens is 1. The minimum atomic E-state index is -0.176. The minimum absolute atomic E-state index is 0. The SMILES string of the molecule is CC(C)(C)NC(=O)CN1CCNc2ccccc21.Cl. The molecule has 0 aliphatic carbocycles. The summed E-state index contributed by atoms with van der Waals surface area (Å²) in [6.45, 7) is 8.13. The molecule has 1 aromatic carbocycles. The average molecular weight is 284 g/mol. The highest BCUT2D eigenvalue weighted by Crippen LogP contribution is 2.27. The topological polar surface area (TPSA) is 44.4 Å². The lowest BCUT2D eigenvalue weighted by atomic mass is 10.1. The fraction of sp³-hybridized carbons (Fsp3) is 0.500. The molecule has 19 heavy (non-hydrogen) atoms. The molecule has 0 saturated heterocycles. The highest BCUT2D eigenvalue weighted by Gasteiger charge is 2.20. The number of anilines is 2. The third-order valence-electron chi connectivity index (χ3n) is 2.79. The molecule has 5 heteroatoms. The number of carbonyl (C=O) groups excluding carboxylic acids is 1. The number of hydrogen-bond donors (Lipinski definition) is 2. The van der Waals surface area contributed by atoms with Crippen molar-refractivity contribution in [1.82, 2.24) is 5.32 Å². The first kappa shape index (κ1) is 15.6. The van der Waals surface area contributed by atoms with E-state index >= 15 is 0 Å². The van der Waals surface area contributed by atoms with E-state index in [0.29, 0.717) is 6.54 Å². The van der Waals surface area contributed by atoms with E-state index < -0.39 is 0 Å². The lowest BCUT2D eigenvalue weighted by molar-refractivity contribution is -0.121. The van der Waals surface area contributed by atoms with Gasteiger partial charge in [0, 0.05) is 18.6 Å². The number of nitrogens with zero attached hydrogens (tertiary/aromatic N) is 1. The fourth-order valence-electron chi connectivity index (χ4n) is 2.14. The molecule has 2 N–H and O–H groups in total. The van der Waals surface area contributed by atoms with Crippen molar-refractivity contribution >= 4 is 29.7 Å². The molecule has 1 aliphatic heterocycles. The first-order valence-corrected chi connectivity index (χ1v) is 6.34. The maximum Gasteiger partial charge on any atom is 0.239 e. The second kappa shape index (κ2) is 6.15. The summed E-state index contributed by atoms with van der Waals surface area (Å²) in [6, 6.07) is 8.10. The van der Waals surface area contributed by atoms with E-state index in [1.807, 2.05) is 45.0 Å². The van der Waals surface area contributed by atoms with Crippen molar-refractivity contribution in [2.24, 2.45) is 0 Å². The third kappa shape index (κ3) is 4.31. The van der Waals surface area contributed by atoms with Crippen LogP contribution in [0.4, 0.5) is 11.4 Å². The molecule has 1 aliphatic rings. The average Bonchev–Trinajstić information content (AvgIpc) is 2.27. The summed E-state index contributed by atoms with van der Waals surface area (Å²) < 4.78 is 0. The quantitative estimate of drug-likeness (QED) is 0.875. The van der Waals surface area contributed by atoms with Gasteiger partial charge in [0.25, 0.3) is 0 Å². The first-order chi connectivity index (χ1) is 8.46. The van der Waals surface area contributed by atoms with Crippen LogP contribution in [0.3, 0.4) is 0 Å². The van der Waals surface area contributed by atoms with Gasteiger partial charge in [-0.1, -0.05) is 12.1 Å². The summed E-state index contributed by atoms with van der Waals surface area (Å²) in [5.74, 6) is 0.0687. The Kier molecular flexibility index (Phi) is 5.06. The van der Waals surface area contributed by atoms with Crippen molar-refractivity contribution < 1.29 is 4.79 Å². The van der Waals surface area contributed by atoms with Crippen LogP contribution in [0, 0.1) is 0 Å². The second-order valence-corrected chi connectivity index (χ2v) is 5.66. The highest BCUT2D eigenvalue weighted by atomic mass is 35.5. The standard InChI is InChI=1S/C14H21N3O.ClH/c1-14(2,3)16-13(18)10-17-9-8-15-11-6-4-5-7-12(11)17;/h4-7,15H,8-10H2,1-3H3,(H,16,18);1H. The van der Waals surface area contributed by atoms with E-state index in [4.69, 9.17) is 0 Å². The minimum Gasteiger partial charge on any atom is -0.382 e. The Bertz CT molecular complexity index is 443. The van der Waals surface area contributed by atoms with Crippen molar-refractivity contribution in [2.75, 3.05) is 29.9 Å². The summed E-state index contributed by atoms with van der Waals surface area (Å²) in [5.41, 5.74) is 2.03. The molecule has 0 spiro atoms. The zero-order chi connectivity index (χ0) is 13.2.